The number of hydrogen-bond donors (Lipinski definition) is 6. The number of nitrogens with zero attached hydrogens (tertiary/aromatic N) is 18. The van der Waals surface area contributed by atoms with Crippen LogP contribution in [-0.2, 0) is 65.1 Å². The van der Waals surface area contributed by atoms with Gasteiger partial charge in [-0.25, -0.2) is 24.9 Å². The largest absolute Gasteiger partial charge is 0.395 e. The monoisotopic (exact) mass is 1570 g/mol. The van der Waals surface area contributed by atoms with Crippen LogP contribution in [0.3, 0.4) is 0 Å². The number of anilines is 10. The summed E-state index contributed by atoms with van der Waals surface area (Å²) in [6, 6.07) is 11.9. The van der Waals surface area contributed by atoms with Crippen molar-refractivity contribution < 1.29 is 43.1 Å². The first-order valence-electron chi connectivity index (χ1n) is 40.6. The highest BCUT2D eigenvalue weighted by Crippen LogP contribution is 2.34. The van der Waals surface area contributed by atoms with Gasteiger partial charge in [-0.2, -0.15) is 24.9 Å². The molecule has 113 heavy (non-hydrogen) atoms. The van der Waals surface area contributed by atoms with Crippen molar-refractivity contribution in [3.63, 3.8) is 0 Å². The number of aliphatic hydroxyl groups excluding tert-OH is 1. The van der Waals surface area contributed by atoms with Crippen LogP contribution in [0.25, 0.3) is 0 Å². The highest BCUT2D eigenvalue weighted by molar-refractivity contribution is 5.81. The molecule has 1 saturated carbocycles. The van der Waals surface area contributed by atoms with E-state index in [0.29, 0.717) is 54.5 Å². The standard InChI is InChI=1S/C19H29N5O2.C18H31N5O2.C17H27N5O2.C14H24N4O2.C13H22N4O/c1-19(2,3)15-10-16(20-14-11-26-12-14)22-18(21-15)24-8-6-23(7-9-24)17(25)13-4-5-13;1-18(2,3)15-11-16(19-14-12-25-13-14)21-17(20-15)23-7-5-22(6-8-23)9-10-24-4;1-12(23)21-5-7-22(8-6-21)16-19-14(17(2,3)4)9-15(20-16)18-13-10-24-11-13;1-14(2,3)11-7-12(15-10-8-20-9-10)17-13(16-11)18(4)5-6-19;1-13(2,3)10-6-11(14-9-7-18-8-9)16-12(15-10)17(4)5/h10,13-14H,4-9,11-12H2,1-3H3,(H,20,21,22);11,14H,5-10,12-13H2,1-4H3,(H,19,20,21);9,13H,5-8,10-11H2,1-4H3,(H,18,19,20);7,10,19H,5-6,8-9H2,1-4H3,(H,15,16,17);6,9H,7-8H2,1-5H3,(H,14,15,16). The van der Waals surface area contributed by atoms with Crippen LogP contribution in [0.15, 0.2) is 30.3 Å². The third-order valence-corrected chi connectivity index (χ3v) is 20.6. The van der Waals surface area contributed by atoms with E-state index in [1.165, 1.54) is 0 Å². The van der Waals surface area contributed by atoms with Gasteiger partial charge in [-0.15, -0.1) is 0 Å². The second kappa shape index (κ2) is 38.6. The zero-order valence-corrected chi connectivity index (χ0v) is 71.4. The minimum Gasteiger partial charge on any atom is -0.395 e. The summed E-state index contributed by atoms with van der Waals surface area (Å²) in [6.07, 6.45) is 2.13. The molecule has 13 heterocycles. The Morgan fingerprint density at radius 2 is 0.717 bits per heavy atom. The Bertz CT molecular complexity index is 3850. The topological polar surface area (TPSA) is 325 Å². The molecule has 6 N–H and O–H groups in total. The molecular formula is C81H133N23O9. The highest BCUT2D eigenvalue weighted by Gasteiger charge is 2.37. The van der Waals surface area contributed by atoms with E-state index in [1.807, 2.05) is 58.9 Å². The Morgan fingerprint density at radius 1 is 0.425 bits per heavy atom. The lowest BCUT2D eigenvalue weighted by molar-refractivity contribution is -0.133. The zero-order valence-electron chi connectivity index (χ0n) is 71.4. The molecule has 14 rings (SSSR count). The van der Waals surface area contributed by atoms with Gasteiger partial charge in [0.25, 0.3) is 0 Å². The van der Waals surface area contributed by atoms with Gasteiger partial charge >= 0.3 is 0 Å². The maximum atomic E-state index is 12.3. The summed E-state index contributed by atoms with van der Waals surface area (Å²) in [6.45, 7) is 53.8. The first-order valence-corrected chi connectivity index (χ1v) is 40.6. The Kier molecular flexibility index (Phi) is 29.9. The predicted octanol–water partition coefficient (Wildman–Crippen LogP) is 6.91. The third kappa shape index (κ3) is 26.0. The summed E-state index contributed by atoms with van der Waals surface area (Å²) in [4.78, 5) is 87.5. The van der Waals surface area contributed by atoms with Crippen LogP contribution >= 0.6 is 0 Å². The fraction of sp³-hybridized carbons (Fsp3) is 0.728. The van der Waals surface area contributed by atoms with Crippen LogP contribution in [0, 0.1) is 5.92 Å². The smallest absolute Gasteiger partial charge is 0.227 e. The van der Waals surface area contributed by atoms with E-state index in [9.17, 15) is 9.59 Å². The van der Waals surface area contributed by atoms with Gasteiger partial charge in [-0.1, -0.05) is 104 Å². The van der Waals surface area contributed by atoms with Gasteiger partial charge in [0.15, 0.2) is 0 Å². The van der Waals surface area contributed by atoms with Crippen molar-refractivity contribution >= 4 is 70.6 Å². The summed E-state index contributed by atoms with van der Waals surface area (Å²) in [5.74, 6) is 8.80. The summed E-state index contributed by atoms with van der Waals surface area (Å²) < 4.78 is 31.3. The first kappa shape index (κ1) is 87.4. The van der Waals surface area contributed by atoms with Gasteiger partial charge < -0.3 is 94.4 Å². The van der Waals surface area contributed by atoms with Crippen molar-refractivity contribution in [2.45, 2.75) is 181 Å². The number of aromatic nitrogens is 10. The normalized spacial score (nSPS) is 18.8. The lowest BCUT2D eigenvalue weighted by atomic mass is 9.92. The average molecular weight is 1570 g/mol. The van der Waals surface area contributed by atoms with Crippen molar-refractivity contribution in [1.29, 1.82) is 0 Å². The SMILES string of the molecule is CC(=O)N1CCN(c2nc(NC3COC3)cc(C(C)(C)C)n2)CC1.CC(C)(C)c1cc(NC2COC2)nc(N2CCN(C(=O)C3CC3)CC2)n1.CN(C)c1nc(NC2COC2)cc(C(C)(C)C)n1.CN(CCO)c1nc(NC2COC2)cc(C(C)(C)C)n1.COCCN1CCN(c2nc(NC3COC3)cc(C(C)(C)C)n2)CC1. The Balaban J connectivity index is 0.000000151. The number of likely N-dealkylation sites (N-methyl/N-ethyl adjacent to an activating group) is 1. The molecule has 0 spiro atoms. The number of ether oxygens (including phenoxy) is 6. The second-order valence-electron chi connectivity index (χ2n) is 36.3. The molecule has 2 amide bonds. The second-order valence-corrected chi connectivity index (χ2v) is 36.3. The third-order valence-electron chi connectivity index (χ3n) is 20.6. The molecule has 0 aromatic carbocycles. The van der Waals surface area contributed by atoms with E-state index < -0.39 is 0 Å². The maximum absolute atomic E-state index is 12.3. The van der Waals surface area contributed by atoms with Crippen molar-refractivity contribution in [2.75, 3.05) is 250 Å². The number of aliphatic hydroxyl groups is 1. The van der Waals surface area contributed by atoms with Gasteiger partial charge in [0.1, 0.15) is 29.1 Å². The lowest BCUT2D eigenvalue weighted by Crippen LogP contribution is -2.50. The van der Waals surface area contributed by atoms with Crippen molar-refractivity contribution in [2.24, 2.45) is 5.92 Å². The Labute approximate surface area is 671 Å². The summed E-state index contributed by atoms with van der Waals surface area (Å²) in [5, 5.41) is 26.2. The average Bonchev–Trinajstić information content (AvgIpc) is 1.41. The van der Waals surface area contributed by atoms with E-state index in [4.69, 9.17) is 63.4 Å². The quantitative estimate of drug-likeness (QED) is 0.0434. The van der Waals surface area contributed by atoms with E-state index in [-0.39, 0.29) is 39.6 Å². The van der Waals surface area contributed by atoms with Gasteiger partial charge in [-0.05, 0) is 12.8 Å². The number of amides is 2. The predicted molar refractivity (Wildman–Crippen MR) is 446 cm³/mol. The molecule has 0 unspecified atom stereocenters. The number of methoxy groups -OCH3 is 1. The summed E-state index contributed by atoms with van der Waals surface area (Å²) in [7, 11) is 7.55. The van der Waals surface area contributed by atoms with Gasteiger partial charge in [0.05, 0.1) is 138 Å². The molecule has 8 aliphatic heterocycles. The number of carbonyl (C=O) groups excluding carboxylic acids is 2. The summed E-state index contributed by atoms with van der Waals surface area (Å²) in [5.41, 5.74) is 5.00. The van der Waals surface area contributed by atoms with Crippen molar-refractivity contribution in [3.05, 3.63) is 58.8 Å². The minimum atomic E-state index is -0.0513. The van der Waals surface area contributed by atoms with Crippen LogP contribution in [0.4, 0.5) is 58.8 Å². The van der Waals surface area contributed by atoms with Crippen LogP contribution in [0.5, 0.6) is 0 Å². The minimum absolute atomic E-state index is 0.00940. The Morgan fingerprint density at radius 3 is 0.991 bits per heavy atom. The number of carbonyl (C=O) groups is 2. The van der Waals surface area contributed by atoms with Crippen molar-refractivity contribution in [1.82, 2.24) is 64.5 Å². The Hall–Kier alpha value is -7.98. The molecule has 0 bridgehead atoms. The molecule has 0 radical (unpaired) electrons. The van der Waals surface area contributed by atoms with Gasteiger partial charge in [0, 0.05) is 190 Å². The molecule has 9 fully saturated rings. The summed E-state index contributed by atoms with van der Waals surface area (Å²) >= 11 is 0. The molecule has 9 aliphatic rings. The number of piperazine rings is 3. The molecule has 1 aliphatic carbocycles. The van der Waals surface area contributed by atoms with E-state index in [1.54, 1.807) is 14.0 Å². The van der Waals surface area contributed by atoms with E-state index in [2.05, 4.69) is 182 Å². The highest BCUT2D eigenvalue weighted by atomic mass is 16.5. The molecular weight excluding hydrogens is 1440 g/mol. The fourth-order valence-corrected chi connectivity index (χ4v) is 12.5. The molecule has 32 nitrogen and oxygen atoms in total. The molecule has 626 valence electrons. The van der Waals surface area contributed by atoms with Crippen LogP contribution in [0.1, 0.15) is 152 Å². The molecule has 8 saturated heterocycles. The maximum Gasteiger partial charge on any atom is 0.227 e. The van der Waals surface area contributed by atoms with Crippen LogP contribution in [-0.4, -0.2) is 311 Å². The number of nitrogens with one attached hydrogen (secondary N) is 5. The number of rotatable bonds is 21. The zero-order chi connectivity index (χ0) is 81.6. The molecule has 0 atom stereocenters. The molecule has 32 heteroatoms. The molecule has 5 aromatic heterocycles. The van der Waals surface area contributed by atoms with Crippen molar-refractivity contribution in [3.8, 4) is 0 Å². The number of hydrogen-bond acceptors (Lipinski definition) is 30. The molecule has 5 aromatic rings. The van der Waals surface area contributed by atoms with Gasteiger partial charge in [0.2, 0.25) is 41.6 Å². The fourth-order valence-electron chi connectivity index (χ4n) is 12.5. The van der Waals surface area contributed by atoms with Gasteiger partial charge in [-0.3, -0.25) is 14.5 Å². The van der Waals surface area contributed by atoms with Crippen LogP contribution < -0.4 is 51.1 Å². The van der Waals surface area contributed by atoms with E-state index in [0.717, 1.165) is 252 Å². The first-order chi connectivity index (χ1) is 53.4. The van der Waals surface area contributed by atoms with E-state index >= 15 is 0 Å². The lowest BCUT2D eigenvalue weighted by Gasteiger charge is -2.36. The van der Waals surface area contributed by atoms with Crippen LogP contribution in [0.2, 0.25) is 0 Å².